The smallest absolute Gasteiger partial charge is 0.311 e. The zero-order chi connectivity index (χ0) is 13.3. The zero-order valence-corrected chi connectivity index (χ0v) is 11.3. The van der Waals surface area contributed by atoms with Crippen LogP contribution in [0.2, 0.25) is 0 Å². The highest BCUT2D eigenvalue weighted by Gasteiger charge is 2.53. The molecule has 3 rings (SSSR count). The van der Waals surface area contributed by atoms with Crippen LogP contribution in [0.3, 0.4) is 0 Å². The van der Waals surface area contributed by atoms with Crippen molar-refractivity contribution in [3.8, 4) is 0 Å². The molecule has 1 spiro atoms. The van der Waals surface area contributed by atoms with Gasteiger partial charge in [0, 0.05) is 25.2 Å². The average Bonchev–Trinajstić information content (AvgIpc) is 2.78. The van der Waals surface area contributed by atoms with Gasteiger partial charge < -0.3 is 10.1 Å². The third-order valence-electron chi connectivity index (χ3n) is 4.40. The molecule has 4 nitrogen and oxygen atoms in total. The first-order valence-electron chi connectivity index (χ1n) is 6.83. The van der Waals surface area contributed by atoms with Gasteiger partial charge in [-0.2, -0.15) is 0 Å². The second kappa shape index (κ2) is 4.94. The average molecular weight is 260 g/mol. The summed E-state index contributed by atoms with van der Waals surface area (Å²) < 4.78 is 4.96. The van der Waals surface area contributed by atoms with Crippen molar-refractivity contribution in [2.75, 3.05) is 26.7 Å². The number of methoxy groups -OCH3 is 1. The molecule has 1 N–H and O–H groups in total. The monoisotopic (exact) mass is 260 g/mol. The number of hydrogen-bond acceptors (Lipinski definition) is 4. The predicted octanol–water partition coefficient (Wildman–Crippen LogP) is 1.02. The topological polar surface area (TPSA) is 41.6 Å². The summed E-state index contributed by atoms with van der Waals surface area (Å²) in [6, 6.07) is 10.4. The van der Waals surface area contributed by atoms with Crippen LogP contribution in [0.5, 0.6) is 0 Å². The van der Waals surface area contributed by atoms with Crippen molar-refractivity contribution in [1.82, 2.24) is 10.2 Å². The van der Waals surface area contributed by atoms with Crippen molar-refractivity contribution >= 4 is 5.97 Å². The van der Waals surface area contributed by atoms with Gasteiger partial charge in [0.2, 0.25) is 0 Å². The molecule has 0 bridgehead atoms. The maximum atomic E-state index is 11.9. The molecule has 4 heteroatoms. The van der Waals surface area contributed by atoms with Crippen LogP contribution in [0.25, 0.3) is 0 Å². The third-order valence-corrected chi connectivity index (χ3v) is 4.40. The van der Waals surface area contributed by atoms with E-state index in [0.29, 0.717) is 0 Å². The summed E-state index contributed by atoms with van der Waals surface area (Å²) >= 11 is 0. The van der Waals surface area contributed by atoms with Crippen molar-refractivity contribution in [3.63, 3.8) is 0 Å². The predicted molar refractivity (Wildman–Crippen MR) is 72.6 cm³/mol. The third kappa shape index (κ3) is 2.26. The Hall–Kier alpha value is -1.39. The first-order valence-corrected chi connectivity index (χ1v) is 6.83. The Morgan fingerprint density at radius 3 is 2.79 bits per heavy atom. The molecule has 0 radical (unpaired) electrons. The number of rotatable bonds is 3. The summed E-state index contributed by atoms with van der Waals surface area (Å²) in [5.41, 5.74) is 1.25. The van der Waals surface area contributed by atoms with Gasteiger partial charge in [-0.15, -0.1) is 0 Å². The Labute approximate surface area is 113 Å². The molecular weight excluding hydrogens is 240 g/mol. The number of nitrogens with zero attached hydrogens (tertiary/aromatic N) is 1. The van der Waals surface area contributed by atoms with E-state index in [0.717, 1.165) is 32.6 Å². The van der Waals surface area contributed by atoms with Crippen molar-refractivity contribution in [2.24, 2.45) is 5.92 Å². The molecule has 0 amide bonds. The molecule has 0 saturated carbocycles. The number of carbonyl (C=O) groups is 1. The fraction of sp³-hybridized carbons (Fsp3) is 0.533. The lowest BCUT2D eigenvalue weighted by atomic mass is 9.78. The van der Waals surface area contributed by atoms with Crippen LogP contribution in [0.15, 0.2) is 30.3 Å². The molecule has 2 heterocycles. The lowest BCUT2D eigenvalue weighted by Crippen LogP contribution is -2.63. The van der Waals surface area contributed by atoms with Gasteiger partial charge in [-0.1, -0.05) is 30.3 Å². The fourth-order valence-corrected chi connectivity index (χ4v) is 3.29. The van der Waals surface area contributed by atoms with Crippen molar-refractivity contribution in [2.45, 2.75) is 18.5 Å². The maximum Gasteiger partial charge on any atom is 0.311 e. The van der Waals surface area contributed by atoms with E-state index in [4.69, 9.17) is 4.74 Å². The van der Waals surface area contributed by atoms with Crippen LogP contribution in [0, 0.1) is 5.92 Å². The van der Waals surface area contributed by atoms with Crippen molar-refractivity contribution in [1.29, 1.82) is 0 Å². The van der Waals surface area contributed by atoms with Gasteiger partial charge in [-0.05, 0) is 18.5 Å². The number of benzene rings is 1. The van der Waals surface area contributed by atoms with Gasteiger partial charge in [0.25, 0.3) is 0 Å². The van der Waals surface area contributed by atoms with Crippen molar-refractivity contribution in [3.05, 3.63) is 35.9 Å². The van der Waals surface area contributed by atoms with Gasteiger partial charge in [-0.25, -0.2) is 0 Å². The van der Waals surface area contributed by atoms with Crippen LogP contribution in [0.1, 0.15) is 12.0 Å². The maximum absolute atomic E-state index is 11.9. The van der Waals surface area contributed by atoms with Crippen LogP contribution >= 0.6 is 0 Å². The fourth-order valence-electron chi connectivity index (χ4n) is 3.29. The summed E-state index contributed by atoms with van der Waals surface area (Å²) in [4.78, 5) is 14.3. The highest BCUT2D eigenvalue weighted by molar-refractivity contribution is 5.75. The van der Waals surface area contributed by atoms with Gasteiger partial charge in [0.15, 0.2) is 0 Å². The molecule has 0 aromatic heterocycles. The van der Waals surface area contributed by atoms with Gasteiger partial charge in [0.1, 0.15) is 0 Å². The van der Waals surface area contributed by atoms with E-state index in [-0.39, 0.29) is 17.4 Å². The molecule has 102 valence electrons. The van der Waals surface area contributed by atoms with Crippen LogP contribution < -0.4 is 5.32 Å². The molecule has 1 aromatic carbocycles. The Morgan fingerprint density at radius 1 is 1.47 bits per heavy atom. The second-order valence-corrected chi connectivity index (χ2v) is 5.56. The number of carbonyl (C=O) groups excluding carboxylic acids is 1. The summed E-state index contributed by atoms with van der Waals surface area (Å²) in [5, 5.41) is 3.46. The number of nitrogens with one attached hydrogen (secondary N) is 1. The number of esters is 1. The minimum absolute atomic E-state index is 0.0324. The lowest BCUT2D eigenvalue weighted by Gasteiger charge is -2.43. The van der Waals surface area contributed by atoms with E-state index >= 15 is 0 Å². The molecule has 0 unspecified atom stereocenters. The Balaban J connectivity index is 1.71. The highest BCUT2D eigenvalue weighted by atomic mass is 16.5. The minimum Gasteiger partial charge on any atom is -0.469 e. The SMILES string of the molecule is COC(=O)[C@@H]1CN(Cc2ccccc2)C[C@]12CCN2. The van der Waals surface area contributed by atoms with E-state index in [1.165, 1.54) is 12.7 Å². The van der Waals surface area contributed by atoms with E-state index < -0.39 is 0 Å². The molecule has 2 atom stereocenters. The molecule has 2 aliphatic rings. The quantitative estimate of drug-likeness (QED) is 0.824. The van der Waals surface area contributed by atoms with Gasteiger partial charge in [-0.3, -0.25) is 9.69 Å². The number of ether oxygens (including phenoxy) is 1. The molecule has 0 aliphatic carbocycles. The molecule has 2 saturated heterocycles. The second-order valence-electron chi connectivity index (χ2n) is 5.56. The van der Waals surface area contributed by atoms with Gasteiger partial charge in [0.05, 0.1) is 13.0 Å². The molecule has 2 aliphatic heterocycles. The number of likely N-dealkylation sites (tertiary alicyclic amines) is 1. The summed E-state index contributed by atoms with van der Waals surface area (Å²) in [7, 11) is 1.48. The van der Waals surface area contributed by atoms with E-state index in [9.17, 15) is 4.79 Å². The first kappa shape index (κ1) is 12.6. The first-order chi connectivity index (χ1) is 9.23. The molecular formula is C15H20N2O2. The summed E-state index contributed by atoms with van der Waals surface area (Å²) in [6.45, 7) is 3.63. The van der Waals surface area contributed by atoms with Crippen LogP contribution in [-0.2, 0) is 16.1 Å². The largest absolute Gasteiger partial charge is 0.469 e. The van der Waals surface area contributed by atoms with E-state index in [2.05, 4.69) is 34.5 Å². The molecule has 2 fully saturated rings. The Kier molecular flexibility index (Phi) is 3.29. The highest BCUT2D eigenvalue weighted by Crippen LogP contribution is 2.36. The lowest BCUT2D eigenvalue weighted by molar-refractivity contribution is -0.148. The Bertz CT molecular complexity index is 456. The molecule has 19 heavy (non-hydrogen) atoms. The van der Waals surface area contributed by atoms with E-state index in [1.54, 1.807) is 0 Å². The van der Waals surface area contributed by atoms with E-state index in [1.807, 2.05) is 6.07 Å². The van der Waals surface area contributed by atoms with Crippen molar-refractivity contribution < 1.29 is 9.53 Å². The Morgan fingerprint density at radius 2 is 2.21 bits per heavy atom. The summed E-state index contributed by atoms with van der Waals surface area (Å²) in [6.07, 6.45) is 1.07. The van der Waals surface area contributed by atoms with Crippen LogP contribution in [0.4, 0.5) is 0 Å². The molecule has 1 aromatic rings. The van der Waals surface area contributed by atoms with Crippen LogP contribution in [-0.4, -0.2) is 43.2 Å². The summed E-state index contributed by atoms with van der Waals surface area (Å²) in [5.74, 6) is -0.113. The standard InChI is InChI=1S/C15H20N2O2/c1-19-14(18)13-10-17(11-15(13)7-8-16-15)9-12-5-3-2-4-6-12/h2-6,13,16H,7-11H2,1H3/t13-,15+/m0/s1. The number of hydrogen-bond donors (Lipinski definition) is 1. The minimum atomic E-state index is -0.0808. The zero-order valence-electron chi connectivity index (χ0n) is 11.3. The van der Waals surface area contributed by atoms with Gasteiger partial charge >= 0.3 is 5.97 Å². The normalized spacial score (nSPS) is 30.3.